The van der Waals surface area contributed by atoms with Crippen LogP contribution in [0.15, 0.2) is 30.3 Å². The molecule has 0 bridgehead atoms. The van der Waals surface area contributed by atoms with E-state index in [1.807, 2.05) is 0 Å². The zero-order chi connectivity index (χ0) is 12.1. The number of hydrogen-bond acceptors (Lipinski definition) is 2. The lowest BCUT2D eigenvalue weighted by atomic mass is 9.90. The Kier molecular flexibility index (Phi) is 4.57. The van der Waals surface area contributed by atoms with Crippen molar-refractivity contribution in [1.82, 2.24) is 10.6 Å². The summed E-state index contributed by atoms with van der Waals surface area (Å²) in [5, 5.41) is 7.28. The molecule has 1 saturated heterocycles. The Morgan fingerprint density at radius 1 is 1.35 bits per heavy atom. The van der Waals surface area contributed by atoms with E-state index in [1.54, 1.807) is 0 Å². The fourth-order valence-corrected chi connectivity index (χ4v) is 2.73. The first-order valence-corrected chi connectivity index (χ1v) is 6.83. The number of piperidine rings is 1. The van der Waals surface area contributed by atoms with Crippen LogP contribution in [0.4, 0.5) is 0 Å². The molecule has 0 saturated carbocycles. The highest BCUT2D eigenvalue weighted by atomic mass is 15.0. The van der Waals surface area contributed by atoms with Crippen LogP contribution < -0.4 is 10.6 Å². The molecular formula is C15H24N2. The van der Waals surface area contributed by atoms with E-state index in [0.717, 1.165) is 19.0 Å². The van der Waals surface area contributed by atoms with Crippen molar-refractivity contribution in [3.05, 3.63) is 35.9 Å². The summed E-state index contributed by atoms with van der Waals surface area (Å²) in [7, 11) is 0. The van der Waals surface area contributed by atoms with Crippen LogP contribution in [0.25, 0.3) is 0 Å². The van der Waals surface area contributed by atoms with E-state index < -0.39 is 0 Å². The van der Waals surface area contributed by atoms with Crippen LogP contribution in [-0.2, 0) is 0 Å². The molecule has 0 radical (unpaired) electrons. The minimum absolute atomic E-state index is 0.452. The van der Waals surface area contributed by atoms with E-state index in [2.05, 4.69) is 54.8 Å². The maximum absolute atomic E-state index is 3.80. The molecule has 0 amide bonds. The molecule has 2 rings (SSSR count). The summed E-state index contributed by atoms with van der Waals surface area (Å²) >= 11 is 0. The summed E-state index contributed by atoms with van der Waals surface area (Å²) in [6, 6.07) is 11.8. The normalized spacial score (nSPS) is 26.7. The van der Waals surface area contributed by atoms with Gasteiger partial charge in [-0.2, -0.15) is 0 Å². The van der Waals surface area contributed by atoms with Crippen LogP contribution >= 0.6 is 0 Å². The molecule has 2 unspecified atom stereocenters. The van der Waals surface area contributed by atoms with E-state index in [-0.39, 0.29) is 0 Å². The molecular weight excluding hydrogens is 208 g/mol. The summed E-state index contributed by atoms with van der Waals surface area (Å²) in [5.74, 6) is 0.773. The second-order valence-corrected chi connectivity index (χ2v) is 5.07. The van der Waals surface area contributed by atoms with Gasteiger partial charge in [0.2, 0.25) is 0 Å². The molecule has 2 heteroatoms. The van der Waals surface area contributed by atoms with Gasteiger partial charge in [0.15, 0.2) is 0 Å². The maximum Gasteiger partial charge on any atom is 0.0294 e. The van der Waals surface area contributed by atoms with E-state index in [0.29, 0.717) is 12.1 Å². The van der Waals surface area contributed by atoms with Gasteiger partial charge in [-0.1, -0.05) is 43.7 Å². The number of rotatable bonds is 4. The Bertz CT molecular complexity index is 323. The highest BCUT2D eigenvalue weighted by Crippen LogP contribution is 2.20. The predicted molar refractivity (Wildman–Crippen MR) is 73.0 cm³/mol. The lowest BCUT2D eigenvalue weighted by molar-refractivity contribution is 0.255. The zero-order valence-electron chi connectivity index (χ0n) is 10.9. The van der Waals surface area contributed by atoms with Crippen molar-refractivity contribution in [2.75, 3.05) is 13.1 Å². The van der Waals surface area contributed by atoms with Crippen LogP contribution in [-0.4, -0.2) is 19.1 Å². The molecule has 1 heterocycles. The minimum atomic E-state index is 0.452. The van der Waals surface area contributed by atoms with Crippen LogP contribution in [0.3, 0.4) is 0 Å². The van der Waals surface area contributed by atoms with Gasteiger partial charge in [0.05, 0.1) is 0 Å². The SMILES string of the molecule is CCC1CNCCC1N[C@H](C)c1ccccc1. The molecule has 1 aliphatic heterocycles. The van der Waals surface area contributed by atoms with Crippen molar-refractivity contribution >= 4 is 0 Å². The van der Waals surface area contributed by atoms with Gasteiger partial charge in [-0.05, 0) is 37.9 Å². The van der Waals surface area contributed by atoms with Crippen LogP contribution in [0.2, 0.25) is 0 Å². The molecule has 1 aromatic rings. The largest absolute Gasteiger partial charge is 0.316 e. The molecule has 0 spiro atoms. The summed E-state index contributed by atoms with van der Waals surface area (Å²) in [4.78, 5) is 0. The first-order valence-electron chi connectivity index (χ1n) is 6.83. The fourth-order valence-electron chi connectivity index (χ4n) is 2.73. The van der Waals surface area contributed by atoms with Crippen molar-refractivity contribution in [2.24, 2.45) is 5.92 Å². The van der Waals surface area contributed by atoms with E-state index in [1.165, 1.54) is 18.4 Å². The van der Waals surface area contributed by atoms with Crippen LogP contribution in [0, 0.1) is 5.92 Å². The third-order valence-electron chi connectivity index (χ3n) is 3.90. The Balaban J connectivity index is 1.95. The molecule has 17 heavy (non-hydrogen) atoms. The van der Waals surface area contributed by atoms with Gasteiger partial charge in [-0.15, -0.1) is 0 Å². The van der Waals surface area contributed by atoms with Gasteiger partial charge in [0.25, 0.3) is 0 Å². The van der Waals surface area contributed by atoms with Crippen LogP contribution in [0.5, 0.6) is 0 Å². The lowest BCUT2D eigenvalue weighted by Crippen LogP contribution is -2.47. The smallest absolute Gasteiger partial charge is 0.0294 e. The third-order valence-corrected chi connectivity index (χ3v) is 3.90. The van der Waals surface area contributed by atoms with Gasteiger partial charge in [0, 0.05) is 12.1 Å². The van der Waals surface area contributed by atoms with Gasteiger partial charge >= 0.3 is 0 Å². The van der Waals surface area contributed by atoms with E-state index in [9.17, 15) is 0 Å². The standard InChI is InChI=1S/C15H24N2/c1-3-13-11-16-10-9-15(13)17-12(2)14-7-5-4-6-8-14/h4-8,12-13,15-17H,3,9-11H2,1-2H3/t12-,13?,15?/m1/s1. The maximum atomic E-state index is 3.80. The van der Waals surface area contributed by atoms with Crippen molar-refractivity contribution < 1.29 is 0 Å². The Labute approximate surface area is 105 Å². The Hall–Kier alpha value is -0.860. The second kappa shape index (κ2) is 6.18. The predicted octanol–water partition coefficient (Wildman–Crippen LogP) is 2.73. The van der Waals surface area contributed by atoms with Crippen molar-refractivity contribution in [3.8, 4) is 0 Å². The zero-order valence-corrected chi connectivity index (χ0v) is 10.9. The molecule has 1 aliphatic rings. The number of nitrogens with one attached hydrogen (secondary N) is 2. The monoisotopic (exact) mass is 232 g/mol. The van der Waals surface area contributed by atoms with Gasteiger partial charge in [-0.3, -0.25) is 0 Å². The number of benzene rings is 1. The summed E-state index contributed by atoms with van der Waals surface area (Å²) in [6.45, 7) is 6.87. The van der Waals surface area contributed by atoms with E-state index in [4.69, 9.17) is 0 Å². The summed E-state index contributed by atoms with van der Waals surface area (Å²) in [6.07, 6.45) is 2.50. The Morgan fingerprint density at radius 3 is 2.82 bits per heavy atom. The topological polar surface area (TPSA) is 24.1 Å². The first-order chi connectivity index (χ1) is 8.31. The van der Waals surface area contributed by atoms with Gasteiger partial charge < -0.3 is 10.6 Å². The average Bonchev–Trinajstić information content (AvgIpc) is 2.40. The summed E-state index contributed by atoms with van der Waals surface area (Å²) in [5.41, 5.74) is 1.39. The highest BCUT2D eigenvalue weighted by molar-refractivity contribution is 5.18. The second-order valence-electron chi connectivity index (χ2n) is 5.07. The molecule has 3 atom stereocenters. The molecule has 0 aromatic heterocycles. The van der Waals surface area contributed by atoms with Gasteiger partial charge in [-0.25, -0.2) is 0 Å². The minimum Gasteiger partial charge on any atom is -0.316 e. The van der Waals surface area contributed by atoms with Gasteiger partial charge in [0.1, 0.15) is 0 Å². The summed E-state index contributed by atoms with van der Waals surface area (Å²) < 4.78 is 0. The lowest BCUT2D eigenvalue weighted by Gasteiger charge is -2.34. The Morgan fingerprint density at radius 2 is 2.12 bits per heavy atom. The molecule has 2 nitrogen and oxygen atoms in total. The molecule has 1 aromatic carbocycles. The molecule has 94 valence electrons. The quantitative estimate of drug-likeness (QED) is 0.834. The first kappa shape index (κ1) is 12.6. The van der Waals surface area contributed by atoms with Crippen molar-refractivity contribution in [2.45, 2.75) is 38.8 Å². The van der Waals surface area contributed by atoms with Crippen molar-refractivity contribution in [1.29, 1.82) is 0 Å². The van der Waals surface area contributed by atoms with Crippen molar-refractivity contribution in [3.63, 3.8) is 0 Å². The third kappa shape index (κ3) is 3.30. The molecule has 0 aliphatic carbocycles. The molecule has 1 fully saturated rings. The fraction of sp³-hybridized carbons (Fsp3) is 0.600. The number of hydrogen-bond donors (Lipinski definition) is 2. The van der Waals surface area contributed by atoms with E-state index >= 15 is 0 Å². The average molecular weight is 232 g/mol. The highest BCUT2D eigenvalue weighted by Gasteiger charge is 2.24. The molecule has 2 N–H and O–H groups in total. The van der Waals surface area contributed by atoms with Crippen LogP contribution in [0.1, 0.15) is 38.3 Å².